The third-order valence-electron chi connectivity index (χ3n) is 2.95. The van der Waals surface area contributed by atoms with Crippen LogP contribution in [0.25, 0.3) is 0 Å². The number of furan rings is 1. The number of nitrogens with one attached hydrogen (secondary N) is 1. The summed E-state index contributed by atoms with van der Waals surface area (Å²) >= 11 is 0. The highest BCUT2D eigenvalue weighted by Gasteiger charge is 2.13. The van der Waals surface area contributed by atoms with Crippen LogP contribution in [0.15, 0.2) is 45.7 Å². The van der Waals surface area contributed by atoms with Gasteiger partial charge >= 0.3 is 0 Å². The standard InChI is InChI=1S/C14H14N4O3/c1-10-16-13(17-21-10)9-18-6-2-5-12(18)14(19)15-8-11-4-3-7-20-11/h2-7H,8-9H2,1H3,(H,15,19). The Morgan fingerprint density at radius 3 is 3.00 bits per heavy atom. The lowest BCUT2D eigenvalue weighted by Crippen LogP contribution is -2.25. The molecule has 0 aliphatic heterocycles. The molecule has 0 fully saturated rings. The van der Waals surface area contributed by atoms with Crippen LogP contribution in [0.5, 0.6) is 0 Å². The highest BCUT2D eigenvalue weighted by molar-refractivity contribution is 5.92. The summed E-state index contributed by atoms with van der Waals surface area (Å²) in [6.07, 6.45) is 3.37. The van der Waals surface area contributed by atoms with Gasteiger partial charge in [-0.25, -0.2) is 0 Å². The second kappa shape index (κ2) is 5.66. The molecule has 0 saturated heterocycles. The zero-order valence-corrected chi connectivity index (χ0v) is 11.4. The van der Waals surface area contributed by atoms with E-state index in [9.17, 15) is 4.79 Å². The van der Waals surface area contributed by atoms with Gasteiger partial charge in [0.15, 0.2) is 5.82 Å². The fourth-order valence-corrected chi connectivity index (χ4v) is 1.99. The first-order valence-electron chi connectivity index (χ1n) is 6.47. The third kappa shape index (κ3) is 3.02. The Kier molecular flexibility index (Phi) is 3.55. The van der Waals surface area contributed by atoms with Gasteiger partial charge in [-0.3, -0.25) is 4.79 Å². The van der Waals surface area contributed by atoms with Crippen LogP contribution in [0, 0.1) is 6.92 Å². The van der Waals surface area contributed by atoms with Crippen molar-refractivity contribution >= 4 is 5.91 Å². The molecule has 0 aliphatic rings. The second-order valence-electron chi connectivity index (χ2n) is 4.51. The number of nitrogens with zero attached hydrogens (tertiary/aromatic N) is 3. The molecule has 7 heteroatoms. The Balaban J connectivity index is 1.68. The largest absolute Gasteiger partial charge is 0.467 e. The molecule has 1 amide bonds. The molecule has 0 saturated carbocycles. The maximum atomic E-state index is 12.2. The number of amides is 1. The number of hydrogen-bond donors (Lipinski definition) is 1. The van der Waals surface area contributed by atoms with Gasteiger partial charge in [0.1, 0.15) is 11.5 Å². The molecule has 0 aliphatic carbocycles. The SMILES string of the molecule is Cc1nc(Cn2cccc2C(=O)NCc2ccco2)no1. The Hall–Kier alpha value is -2.83. The fourth-order valence-electron chi connectivity index (χ4n) is 1.99. The molecular formula is C14H14N4O3. The molecule has 21 heavy (non-hydrogen) atoms. The van der Waals surface area contributed by atoms with Crippen molar-refractivity contribution in [3.8, 4) is 0 Å². The Morgan fingerprint density at radius 2 is 2.29 bits per heavy atom. The molecule has 0 bridgehead atoms. The molecule has 3 aromatic rings. The molecule has 0 radical (unpaired) electrons. The van der Waals surface area contributed by atoms with E-state index in [-0.39, 0.29) is 5.91 Å². The minimum atomic E-state index is -0.184. The van der Waals surface area contributed by atoms with Crippen molar-refractivity contribution in [2.45, 2.75) is 20.0 Å². The number of rotatable bonds is 5. The molecular weight excluding hydrogens is 272 g/mol. The predicted molar refractivity (Wildman–Crippen MR) is 72.4 cm³/mol. The number of carbonyl (C=O) groups excluding carboxylic acids is 1. The molecule has 0 atom stereocenters. The summed E-state index contributed by atoms with van der Waals surface area (Å²) in [4.78, 5) is 16.3. The maximum Gasteiger partial charge on any atom is 0.268 e. The van der Waals surface area contributed by atoms with Crippen molar-refractivity contribution in [2.24, 2.45) is 0 Å². The van der Waals surface area contributed by atoms with Crippen LogP contribution in [0.2, 0.25) is 0 Å². The van der Waals surface area contributed by atoms with Crippen molar-refractivity contribution in [3.63, 3.8) is 0 Å². The normalized spacial score (nSPS) is 10.7. The monoisotopic (exact) mass is 286 g/mol. The molecule has 0 aromatic carbocycles. The van der Waals surface area contributed by atoms with E-state index in [4.69, 9.17) is 8.94 Å². The molecule has 108 valence electrons. The minimum Gasteiger partial charge on any atom is -0.467 e. The van der Waals surface area contributed by atoms with Crippen molar-refractivity contribution in [1.82, 2.24) is 20.0 Å². The van der Waals surface area contributed by atoms with Crippen LogP contribution in [-0.2, 0) is 13.1 Å². The lowest BCUT2D eigenvalue weighted by molar-refractivity contribution is 0.0939. The molecule has 1 N–H and O–H groups in total. The van der Waals surface area contributed by atoms with Crippen molar-refractivity contribution < 1.29 is 13.7 Å². The van der Waals surface area contributed by atoms with Gasteiger partial charge in [-0.1, -0.05) is 5.16 Å². The Labute approximate surface area is 120 Å². The van der Waals surface area contributed by atoms with Gasteiger partial charge in [-0.05, 0) is 24.3 Å². The summed E-state index contributed by atoms with van der Waals surface area (Å²) in [5, 5.41) is 6.63. The zero-order chi connectivity index (χ0) is 14.7. The quantitative estimate of drug-likeness (QED) is 0.772. The highest BCUT2D eigenvalue weighted by atomic mass is 16.5. The highest BCUT2D eigenvalue weighted by Crippen LogP contribution is 2.07. The van der Waals surface area contributed by atoms with Crippen LogP contribution in [-0.4, -0.2) is 20.6 Å². The van der Waals surface area contributed by atoms with E-state index < -0.39 is 0 Å². The Bertz CT molecular complexity index is 727. The van der Waals surface area contributed by atoms with E-state index >= 15 is 0 Å². The van der Waals surface area contributed by atoms with E-state index in [2.05, 4.69) is 15.5 Å². The lowest BCUT2D eigenvalue weighted by atomic mass is 10.3. The van der Waals surface area contributed by atoms with Crippen molar-refractivity contribution in [2.75, 3.05) is 0 Å². The van der Waals surface area contributed by atoms with Crippen LogP contribution >= 0.6 is 0 Å². The summed E-state index contributed by atoms with van der Waals surface area (Å²) in [7, 11) is 0. The molecule has 7 nitrogen and oxygen atoms in total. The van der Waals surface area contributed by atoms with Crippen LogP contribution in [0.4, 0.5) is 0 Å². The lowest BCUT2D eigenvalue weighted by Gasteiger charge is -2.07. The predicted octanol–water partition coefficient (Wildman–Crippen LogP) is 1.75. The average molecular weight is 286 g/mol. The van der Waals surface area contributed by atoms with Gasteiger partial charge in [-0.15, -0.1) is 0 Å². The van der Waals surface area contributed by atoms with Crippen molar-refractivity contribution in [1.29, 1.82) is 0 Å². The van der Waals surface area contributed by atoms with Crippen LogP contribution in [0.3, 0.4) is 0 Å². The number of aromatic nitrogens is 3. The summed E-state index contributed by atoms with van der Waals surface area (Å²) in [6, 6.07) is 7.13. The summed E-state index contributed by atoms with van der Waals surface area (Å²) < 4.78 is 11.9. The molecule has 3 rings (SSSR count). The second-order valence-corrected chi connectivity index (χ2v) is 4.51. The van der Waals surface area contributed by atoms with Crippen LogP contribution < -0.4 is 5.32 Å². The van der Waals surface area contributed by atoms with Gasteiger partial charge in [0, 0.05) is 13.1 Å². The number of hydrogen-bond acceptors (Lipinski definition) is 5. The summed E-state index contributed by atoms with van der Waals surface area (Å²) in [5.74, 6) is 1.55. The first-order valence-corrected chi connectivity index (χ1v) is 6.47. The smallest absolute Gasteiger partial charge is 0.268 e. The summed E-state index contributed by atoms with van der Waals surface area (Å²) in [5.41, 5.74) is 0.531. The molecule has 0 unspecified atom stereocenters. The molecule has 3 aromatic heterocycles. The van der Waals surface area contributed by atoms with E-state index in [0.717, 1.165) is 0 Å². The van der Waals surface area contributed by atoms with Crippen LogP contribution in [0.1, 0.15) is 28.0 Å². The summed E-state index contributed by atoms with van der Waals surface area (Å²) in [6.45, 7) is 2.45. The minimum absolute atomic E-state index is 0.184. The number of aryl methyl sites for hydroxylation is 1. The average Bonchev–Trinajstić information content (AvgIpc) is 3.19. The van der Waals surface area contributed by atoms with E-state index in [1.54, 1.807) is 48.2 Å². The van der Waals surface area contributed by atoms with Gasteiger partial charge in [0.25, 0.3) is 5.91 Å². The maximum absolute atomic E-state index is 12.2. The zero-order valence-electron chi connectivity index (χ0n) is 11.4. The third-order valence-corrected chi connectivity index (χ3v) is 2.95. The van der Waals surface area contributed by atoms with Crippen molar-refractivity contribution in [3.05, 3.63) is 59.9 Å². The van der Waals surface area contributed by atoms with E-state index in [1.165, 1.54) is 0 Å². The first-order chi connectivity index (χ1) is 10.2. The Morgan fingerprint density at radius 1 is 1.38 bits per heavy atom. The molecule has 3 heterocycles. The molecule has 0 spiro atoms. The first kappa shape index (κ1) is 13.2. The number of carbonyl (C=O) groups is 1. The van der Waals surface area contributed by atoms with Gasteiger partial charge in [0.2, 0.25) is 5.89 Å². The van der Waals surface area contributed by atoms with Gasteiger partial charge in [-0.2, -0.15) is 4.98 Å². The fraction of sp³-hybridized carbons (Fsp3) is 0.214. The van der Waals surface area contributed by atoms with E-state index in [0.29, 0.717) is 36.3 Å². The van der Waals surface area contributed by atoms with Gasteiger partial charge in [0.05, 0.1) is 19.4 Å². The van der Waals surface area contributed by atoms with Gasteiger partial charge < -0.3 is 18.8 Å². The van der Waals surface area contributed by atoms with E-state index in [1.807, 2.05) is 0 Å². The topological polar surface area (TPSA) is 86.1 Å².